The van der Waals surface area contributed by atoms with Gasteiger partial charge in [0.05, 0.1) is 17.7 Å². The minimum Gasteiger partial charge on any atom is -0.334 e. The van der Waals surface area contributed by atoms with Crippen molar-refractivity contribution in [3.8, 4) is 0 Å². The van der Waals surface area contributed by atoms with E-state index in [1.54, 1.807) is 0 Å². The number of anilines is 2. The van der Waals surface area contributed by atoms with Gasteiger partial charge in [-0.1, -0.05) is 31.5 Å². The highest BCUT2D eigenvalue weighted by Gasteiger charge is 2.37. The van der Waals surface area contributed by atoms with Gasteiger partial charge in [-0.25, -0.2) is 9.69 Å². The number of halogens is 6. The summed E-state index contributed by atoms with van der Waals surface area (Å²) in [6, 6.07) is 4.23. The number of amides is 2. The molecule has 0 aromatic heterocycles. The lowest BCUT2D eigenvalue weighted by molar-refractivity contribution is -0.553. The standard InChI is InChI=1S/C27H32F6N4O/c1-16(2)8-23(36-6-7-37(15-36)24-18(4)9-17(3)10-19(24)5)14-34-25(38)35-22-12-20(26(28,29)30)11-21(13-22)27(31,32)33/h9-13,15-16,23H,6-8,14H2,1-5H3,(H-,34,35,38)/p+1/t23-/m0/s1. The Kier molecular flexibility index (Phi) is 8.68. The highest BCUT2D eigenvalue weighted by molar-refractivity contribution is 5.89. The summed E-state index contributed by atoms with van der Waals surface area (Å²) >= 11 is 0. The SMILES string of the molecule is Cc1cc(C)c(N2C=[N+]([C@H](CNC(=O)Nc3cc(C(F)(F)F)cc(C(F)(F)F)c3)CC(C)C)CC2)c(C)c1. The molecular weight excluding hydrogens is 510 g/mol. The fourth-order valence-electron chi connectivity index (χ4n) is 4.88. The Balaban J connectivity index is 1.75. The number of aryl methyl sites for hydroxylation is 3. The number of alkyl halides is 6. The van der Waals surface area contributed by atoms with E-state index in [4.69, 9.17) is 0 Å². The Morgan fingerprint density at radius 3 is 2.00 bits per heavy atom. The zero-order valence-corrected chi connectivity index (χ0v) is 22.0. The summed E-state index contributed by atoms with van der Waals surface area (Å²) in [6.45, 7) is 11.8. The number of hydrogen-bond acceptors (Lipinski definition) is 2. The quantitative estimate of drug-likeness (QED) is 0.300. The fraction of sp³-hybridized carbons (Fsp3) is 0.481. The van der Waals surface area contributed by atoms with Crippen molar-refractivity contribution < 1.29 is 35.7 Å². The monoisotopic (exact) mass is 543 g/mol. The van der Waals surface area contributed by atoms with Crippen LogP contribution in [0.5, 0.6) is 0 Å². The van der Waals surface area contributed by atoms with E-state index in [1.165, 1.54) is 5.56 Å². The second-order valence-corrected chi connectivity index (χ2v) is 10.2. The molecule has 2 N–H and O–H groups in total. The highest BCUT2D eigenvalue weighted by atomic mass is 19.4. The van der Waals surface area contributed by atoms with Crippen molar-refractivity contribution in [1.82, 2.24) is 5.32 Å². The molecule has 0 fully saturated rings. The van der Waals surface area contributed by atoms with Crippen LogP contribution in [0.2, 0.25) is 0 Å². The van der Waals surface area contributed by atoms with Gasteiger partial charge in [-0.15, -0.1) is 0 Å². The van der Waals surface area contributed by atoms with Crippen LogP contribution in [0.1, 0.15) is 48.1 Å². The van der Waals surface area contributed by atoms with Gasteiger partial charge in [-0.2, -0.15) is 26.3 Å². The van der Waals surface area contributed by atoms with Crippen molar-refractivity contribution >= 4 is 23.7 Å². The van der Waals surface area contributed by atoms with Gasteiger partial charge in [0.1, 0.15) is 24.8 Å². The van der Waals surface area contributed by atoms with E-state index in [0.717, 1.165) is 29.8 Å². The number of urea groups is 1. The van der Waals surface area contributed by atoms with Gasteiger partial charge < -0.3 is 10.6 Å². The number of carbonyl (C=O) groups is 1. The summed E-state index contributed by atoms with van der Waals surface area (Å²) in [4.78, 5) is 14.7. The Morgan fingerprint density at radius 2 is 1.50 bits per heavy atom. The average Bonchev–Trinajstić information content (AvgIpc) is 3.23. The van der Waals surface area contributed by atoms with E-state index in [1.807, 2.05) is 27.1 Å². The molecule has 0 saturated heterocycles. The van der Waals surface area contributed by atoms with E-state index in [-0.39, 0.29) is 24.6 Å². The lowest BCUT2D eigenvalue weighted by atomic mass is 10.0. The van der Waals surface area contributed by atoms with Crippen molar-refractivity contribution in [3.05, 3.63) is 58.1 Å². The van der Waals surface area contributed by atoms with Crippen molar-refractivity contribution in [2.45, 2.75) is 59.4 Å². The minimum absolute atomic E-state index is 0.0220. The molecule has 3 rings (SSSR count). The maximum Gasteiger partial charge on any atom is 0.416 e. The molecule has 0 aliphatic carbocycles. The number of nitrogens with one attached hydrogen (secondary N) is 2. The van der Waals surface area contributed by atoms with Gasteiger partial charge in [0.2, 0.25) is 6.34 Å². The molecule has 5 nitrogen and oxygen atoms in total. The summed E-state index contributed by atoms with van der Waals surface area (Å²) in [5.41, 5.74) is 1.03. The maximum atomic E-state index is 13.1. The predicted octanol–water partition coefficient (Wildman–Crippen LogP) is 6.75. The zero-order chi connectivity index (χ0) is 28.4. The molecule has 2 aromatic rings. The third-order valence-corrected chi connectivity index (χ3v) is 6.37. The summed E-state index contributed by atoms with van der Waals surface area (Å²) < 4.78 is 80.9. The molecule has 0 radical (unpaired) electrons. The van der Waals surface area contributed by atoms with Gasteiger partial charge in [0, 0.05) is 5.69 Å². The summed E-state index contributed by atoms with van der Waals surface area (Å²) in [5.74, 6) is 0.285. The first kappa shape index (κ1) is 29.3. The fourth-order valence-corrected chi connectivity index (χ4v) is 4.88. The van der Waals surface area contributed by atoms with E-state index in [2.05, 4.69) is 46.1 Å². The van der Waals surface area contributed by atoms with E-state index >= 15 is 0 Å². The predicted molar refractivity (Wildman–Crippen MR) is 136 cm³/mol. The Morgan fingerprint density at radius 1 is 0.947 bits per heavy atom. The topological polar surface area (TPSA) is 47.4 Å². The average molecular weight is 544 g/mol. The first-order valence-corrected chi connectivity index (χ1v) is 12.3. The molecule has 38 heavy (non-hydrogen) atoms. The number of carbonyl (C=O) groups excluding carboxylic acids is 1. The molecule has 1 aliphatic rings. The van der Waals surface area contributed by atoms with Gasteiger partial charge in [-0.3, -0.25) is 4.58 Å². The van der Waals surface area contributed by atoms with E-state index in [9.17, 15) is 31.1 Å². The molecular formula is C27H33F6N4O+. The molecule has 2 aromatic carbocycles. The first-order valence-electron chi connectivity index (χ1n) is 12.3. The van der Waals surface area contributed by atoms with E-state index in [0.29, 0.717) is 18.7 Å². The molecule has 0 unspecified atom stereocenters. The molecule has 208 valence electrons. The highest BCUT2D eigenvalue weighted by Crippen LogP contribution is 2.37. The third kappa shape index (κ3) is 7.41. The number of nitrogens with zero attached hydrogens (tertiary/aromatic N) is 2. The molecule has 0 saturated carbocycles. The van der Waals surface area contributed by atoms with Crippen LogP contribution in [0.4, 0.5) is 42.5 Å². The van der Waals surface area contributed by atoms with Gasteiger partial charge >= 0.3 is 18.4 Å². The van der Waals surface area contributed by atoms with Crippen LogP contribution in [0.3, 0.4) is 0 Å². The Hall–Kier alpha value is -3.24. The summed E-state index contributed by atoms with van der Waals surface area (Å²) in [7, 11) is 0. The number of benzene rings is 2. The van der Waals surface area contributed by atoms with Gasteiger partial charge in [0.25, 0.3) is 0 Å². The first-order chi connectivity index (χ1) is 17.5. The lowest BCUT2D eigenvalue weighted by Crippen LogP contribution is -2.41. The third-order valence-electron chi connectivity index (χ3n) is 6.37. The van der Waals surface area contributed by atoms with Crippen LogP contribution < -0.4 is 15.5 Å². The minimum atomic E-state index is -5.00. The summed E-state index contributed by atoms with van der Waals surface area (Å²) in [6.07, 6.45) is -7.26. The van der Waals surface area contributed by atoms with Crippen LogP contribution in [0.15, 0.2) is 30.3 Å². The van der Waals surface area contributed by atoms with E-state index < -0.39 is 35.2 Å². The number of hydrogen-bond donors (Lipinski definition) is 2. The van der Waals surface area contributed by atoms with Gasteiger partial charge in [0.15, 0.2) is 0 Å². The van der Waals surface area contributed by atoms with Crippen LogP contribution >= 0.6 is 0 Å². The summed E-state index contributed by atoms with van der Waals surface area (Å²) in [5, 5.41) is 4.75. The molecule has 0 spiro atoms. The van der Waals surface area contributed by atoms with Crippen molar-refractivity contribution in [2.75, 3.05) is 29.9 Å². The second-order valence-electron chi connectivity index (χ2n) is 10.2. The molecule has 1 atom stereocenters. The van der Waals surface area contributed by atoms with Crippen molar-refractivity contribution in [1.29, 1.82) is 0 Å². The second kappa shape index (κ2) is 11.2. The Bertz CT molecular complexity index is 1150. The zero-order valence-electron chi connectivity index (χ0n) is 22.0. The normalized spacial score (nSPS) is 15.1. The number of rotatable bonds is 7. The van der Waals surface area contributed by atoms with Crippen LogP contribution in [0.25, 0.3) is 0 Å². The molecule has 1 aliphatic heterocycles. The molecule has 0 bridgehead atoms. The molecule has 11 heteroatoms. The lowest BCUT2D eigenvalue weighted by Gasteiger charge is -2.20. The van der Waals surface area contributed by atoms with Crippen LogP contribution in [-0.4, -0.2) is 42.6 Å². The molecule has 1 heterocycles. The van der Waals surface area contributed by atoms with Crippen LogP contribution in [0, 0.1) is 26.7 Å². The van der Waals surface area contributed by atoms with Gasteiger partial charge in [-0.05, 0) is 62.4 Å². The van der Waals surface area contributed by atoms with Crippen LogP contribution in [-0.2, 0) is 12.4 Å². The largest absolute Gasteiger partial charge is 0.416 e. The molecule has 2 amide bonds. The maximum absolute atomic E-state index is 13.1. The Labute approximate surface area is 218 Å². The smallest absolute Gasteiger partial charge is 0.334 e. The van der Waals surface area contributed by atoms with Crippen molar-refractivity contribution in [3.63, 3.8) is 0 Å². The van der Waals surface area contributed by atoms with Crippen molar-refractivity contribution in [2.24, 2.45) is 5.92 Å².